The van der Waals surface area contributed by atoms with Gasteiger partial charge in [0.05, 0.1) is 0 Å². The van der Waals surface area contributed by atoms with Gasteiger partial charge < -0.3 is 10.8 Å². The predicted molar refractivity (Wildman–Crippen MR) is 32.4 cm³/mol. The lowest BCUT2D eigenvalue weighted by atomic mass is 10.4. The molecule has 0 rings (SSSR count). The maximum atomic E-state index is 9.57. The molecule has 0 heterocycles. The van der Waals surface area contributed by atoms with Crippen molar-refractivity contribution in [1.82, 2.24) is 0 Å². The molecule has 0 fully saturated rings. The van der Waals surface area contributed by atoms with Gasteiger partial charge in [0.1, 0.15) is 6.04 Å². The normalized spacial score (nSPS) is 11.7. The number of hydrogen-bond acceptors (Lipinski definition) is 2. The smallest absolute Gasteiger partial charge is 0.320 e. The monoisotopic (exact) mass is 123 g/mol. The van der Waals surface area contributed by atoms with Crippen molar-refractivity contribution < 1.29 is 9.90 Å². The fourth-order valence-corrected chi connectivity index (χ4v) is 0. The molecule has 0 aromatic carbocycles. The molecule has 0 aliphatic heterocycles. The Morgan fingerprint density at radius 3 is 2.00 bits per heavy atom. The van der Waals surface area contributed by atoms with Gasteiger partial charge in [0.2, 0.25) is 0 Å². The quantitative estimate of drug-likeness (QED) is 0.461. The Bertz CT molecular complexity index is 64.0. The molecule has 1 unspecified atom stereocenters. The highest BCUT2D eigenvalue weighted by atomic mass is 31.0. The molecule has 0 radical (unpaired) electrons. The zero-order valence-corrected chi connectivity index (χ0v) is 5.63. The number of carboxylic acids is 1. The van der Waals surface area contributed by atoms with E-state index >= 15 is 0 Å². The van der Waals surface area contributed by atoms with E-state index in [0.717, 1.165) is 0 Å². The van der Waals surface area contributed by atoms with Crippen LogP contribution < -0.4 is 5.73 Å². The molecule has 3 N–H and O–H groups in total. The van der Waals surface area contributed by atoms with Gasteiger partial charge in [0.15, 0.2) is 0 Å². The summed E-state index contributed by atoms with van der Waals surface area (Å²) in [5.74, 6) is -0.963. The Kier molecular flexibility index (Phi) is 5.74. The van der Waals surface area contributed by atoms with Crippen molar-refractivity contribution in [2.45, 2.75) is 13.0 Å². The van der Waals surface area contributed by atoms with Gasteiger partial charge >= 0.3 is 5.97 Å². The number of hydrogen-bond donors (Lipinski definition) is 2. The van der Waals surface area contributed by atoms with Crippen molar-refractivity contribution in [1.29, 1.82) is 0 Å². The number of carbonyl (C=O) groups is 1. The summed E-state index contributed by atoms with van der Waals surface area (Å²) >= 11 is 0. The largest absolute Gasteiger partial charge is 0.480 e. The van der Waals surface area contributed by atoms with Crippen molar-refractivity contribution in [3.05, 3.63) is 0 Å². The molecule has 0 aromatic heterocycles. The third kappa shape index (κ3) is 5.86. The van der Waals surface area contributed by atoms with Gasteiger partial charge in [-0.25, -0.2) is 0 Å². The van der Waals surface area contributed by atoms with Gasteiger partial charge in [-0.05, 0) is 6.92 Å². The van der Waals surface area contributed by atoms with E-state index < -0.39 is 12.0 Å². The standard InChI is InChI=1S/C3H7NO2.H3P/c1-2(4)3(5)6;/h2H,4H2,1H3,(H,5,6);1H3/t2-;/m1./s1. The van der Waals surface area contributed by atoms with E-state index in [0.29, 0.717) is 0 Å². The molecule has 0 aliphatic carbocycles. The van der Waals surface area contributed by atoms with Gasteiger partial charge in [0.25, 0.3) is 0 Å². The van der Waals surface area contributed by atoms with Crippen LogP contribution >= 0.6 is 9.90 Å². The van der Waals surface area contributed by atoms with E-state index in [-0.39, 0.29) is 9.90 Å². The third-order valence-electron chi connectivity index (χ3n) is 0.390. The molecule has 0 saturated carbocycles. The summed E-state index contributed by atoms with van der Waals surface area (Å²) in [5, 5.41) is 7.87. The summed E-state index contributed by atoms with van der Waals surface area (Å²) in [7, 11) is 0. The van der Waals surface area contributed by atoms with Crippen molar-refractivity contribution in [3.63, 3.8) is 0 Å². The van der Waals surface area contributed by atoms with Crippen LogP contribution in [0.1, 0.15) is 6.92 Å². The summed E-state index contributed by atoms with van der Waals surface area (Å²) in [6, 6.07) is -0.731. The first-order valence-electron chi connectivity index (χ1n) is 1.63. The average Bonchev–Trinajstić information content (AvgIpc) is 1.36. The summed E-state index contributed by atoms with van der Waals surface area (Å²) in [5.41, 5.74) is 4.84. The average molecular weight is 123 g/mol. The van der Waals surface area contributed by atoms with Crippen molar-refractivity contribution >= 4 is 15.9 Å². The Balaban J connectivity index is 0. The molecular formula is C3H10NO2P. The molecule has 0 aromatic rings. The van der Waals surface area contributed by atoms with E-state index in [2.05, 4.69) is 0 Å². The zero-order valence-electron chi connectivity index (χ0n) is 4.22. The minimum atomic E-state index is -0.963. The van der Waals surface area contributed by atoms with Gasteiger partial charge in [-0.1, -0.05) is 0 Å². The Morgan fingerprint density at radius 2 is 2.00 bits per heavy atom. The van der Waals surface area contributed by atoms with E-state index in [9.17, 15) is 4.79 Å². The molecule has 0 saturated heterocycles. The van der Waals surface area contributed by atoms with Gasteiger partial charge in [-0.2, -0.15) is 9.90 Å². The number of carboxylic acid groups (broad SMARTS) is 1. The first kappa shape index (κ1) is 9.97. The highest BCUT2D eigenvalue weighted by Gasteiger charge is 1.99. The fraction of sp³-hybridized carbons (Fsp3) is 0.667. The molecule has 44 valence electrons. The summed E-state index contributed by atoms with van der Waals surface area (Å²) in [6.45, 7) is 1.42. The second-order valence-electron chi connectivity index (χ2n) is 1.13. The molecule has 0 aliphatic rings. The predicted octanol–water partition coefficient (Wildman–Crippen LogP) is -0.524. The minimum absolute atomic E-state index is 0. The Labute approximate surface area is 45.5 Å². The number of nitrogens with two attached hydrogens (primary N) is 1. The van der Waals surface area contributed by atoms with Crippen LogP contribution in [-0.2, 0) is 4.79 Å². The van der Waals surface area contributed by atoms with Crippen LogP contribution in [0.3, 0.4) is 0 Å². The molecule has 0 bridgehead atoms. The van der Waals surface area contributed by atoms with E-state index in [4.69, 9.17) is 10.8 Å². The van der Waals surface area contributed by atoms with E-state index in [1.165, 1.54) is 6.92 Å². The van der Waals surface area contributed by atoms with Crippen LogP contribution in [0.15, 0.2) is 0 Å². The maximum Gasteiger partial charge on any atom is 0.320 e. The van der Waals surface area contributed by atoms with Gasteiger partial charge in [-0.3, -0.25) is 4.79 Å². The van der Waals surface area contributed by atoms with E-state index in [1.54, 1.807) is 0 Å². The number of aliphatic carboxylic acids is 1. The van der Waals surface area contributed by atoms with Crippen molar-refractivity contribution in [3.8, 4) is 0 Å². The van der Waals surface area contributed by atoms with E-state index in [1.807, 2.05) is 0 Å². The Morgan fingerprint density at radius 1 is 1.86 bits per heavy atom. The maximum absolute atomic E-state index is 9.57. The summed E-state index contributed by atoms with van der Waals surface area (Å²) < 4.78 is 0. The highest BCUT2D eigenvalue weighted by Crippen LogP contribution is 1.68. The fourth-order valence-electron chi connectivity index (χ4n) is 0. The zero-order chi connectivity index (χ0) is 5.15. The topological polar surface area (TPSA) is 63.3 Å². The lowest BCUT2D eigenvalue weighted by Gasteiger charge is -1.90. The highest BCUT2D eigenvalue weighted by molar-refractivity contribution is 6.92. The van der Waals surface area contributed by atoms with Crippen LogP contribution in [0, 0.1) is 0 Å². The molecular weight excluding hydrogens is 113 g/mol. The molecule has 0 spiro atoms. The lowest BCUT2D eigenvalue weighted by molar-refractivity contribution is -0.138. The first-order valence-corrected chi connectivity index (χ1v) is 1.63. The lowest BCUT2D eigenvalue weighted by Crippen LogP contribution is -2.25. The van der Waals surface area contributed by atoms with Crippen LogP contribution in [0.2, 0.25) is 0 Å². The number of rotatable bonds is 1. The molecule has 2 atom stereocenters. The van der Waals surface area contributed by atoms with Crippen LogP contribution in [0.5, 0.6) is 0 Å². The first-order chi connectivity index (χ1) is 2.64. The molecule has 7 heavy (non-hydrogen) atoms. The molecule has 3 nitrogen and oxygen atoms in total. The molecule has 4 heteroatoms. The van der Waals surface area contributed by atoms with Gasteiger partial charge in [0, 0.05) is 0 Å². The second kappa shape index (κ2) is 4.03. The SMILES string of the molecule is C[C@@H](N)C(=O)O.P. The third-order valence-corrected chi connectivity index (χ3v) is 0.390. The van der Waals surface area contributed by atoms with Gasteiger partial charge in [-0.15, -0.1) is 0 Å². The van der Waals surface area contributed by atoms with Crippen molar-refractivity contribution in [2.24, 2.45) is 5.73 Å². The van der Waals surface area contributed by atoms with Crippen LogP contribution in [0.4, 0.5) is 0 Å². The summed E-state index contributed by atoms with van der Waals surface area (Å²) in [6.07, 6.45) is 0. The minimum Gasteiger partial charge on any atom is -0.480 e. The van der Waals surface area contributed by atoms with Crippen LogP contribution in [-0.4, -0.2) is 17.1 Å². The Hall–Kier alpha value is -0.140. The summed E-state index contributed by atoms with van der Waals surface area (Å²) in [4.78, 5) is 9.57. The van der Waals surface area contributed by atoms with Crippen molar-refractivity contribution in [2.75, 3.05) is 0 Å². The molecule has 0 amide bonds. The van der Waals surface area contributed by atoms with Crippen LogP contribution in [0.25, 0.3) is 0 Å². The second-order valence-corrected chi connectivity index (χ2v) is 1.13.